The zero-order valence-electron chi connectivity index (χ0n) is 17.9. The predicted octanol–water partition coefficient (Wildman–Crippen LogP) is 6.56. The standard InChI is InChI=1S/C24H27BrClNO3/c1-15-13-18(14-16(2)23(15)26)30-12-6-8-19-17(3)27(11-10-22(28)29-4)24-20(19)7-5-9-21(24)25/h5,7,9,13-14H,6,8,10-12H2,1-4H3. The molecule has 0 atom stereocenters. The van der Waals surface area contributed by atoms with Crippen LogP contribution in [-0.2, 0) is 22.5 Å². The summed E-state index contributed by atoms with van der Waals surface area (Å²) in [7, 11) is 1.42. The molecule has 0 aliphatic carbocycles. The Balaban J connectivity index is 1.75. The minimum absolute atomic E-state index is 0.202. The Kier molecular flexibility index (Phi) is 7.48. The molecule has 0 unspecified atom stereocenters. The number of aromatic nitrogens is 1. The number of nitrogens with zero attached hydrogens (tertiary/aromatic N) is 1. The fraction of sp³-hybridized carbons (Fsp3) is 0.375. The van der Waals surface area contributed by atoms with Crippen molar-refractivity contribution >= 4 is 44.4 Å². The molecule has 0 aliphatic heterocycles. The largest absolute Gasteiger partial charge is 0.494 e. The SMILES string of the molecule is COC(=O)CCn1c(C)c(CCCOc2cc(C)c(Cl)c(C)c2)c2cccc(Br)c21. The van der Waals surface area contributed by atoms with Crippen molar-refractivity contribution < 1.29 is 14.3 Å². The third-order valence-electron chi connectivity index (χ3n) is 5.44. The summed E-state index contributed by atoms with van der Waals surface area (Å²) in [6, 6.07) is 10.2. The van der Waals surface area contributed by atoms with Gasteiger partial charge in [0.2, 0.25) is 0 Å². The van der Waals surface area contributed by atoms with Crippen LogP contribution >= 0.6 is 27.5 Å². The second-order valence-corrected chi connectivity index (χ2v) is 8.73. The molecular formula is C24H27BrClNO3. The number of hydrogen-bond acceptors (Lipinski definition) is 3. The van der Waals surface area contributed by atoms with E-state index in [0.29, 0.717) is 19.6 Å². The number of esters is 1. The lowest BCUT2D eigenvalue weighted by atomic mass is 10.1. The first-order chi connectivity index (χ1) is 14.3. The maximum absolute atomic E-state index is 11.7. The van der Waals surface area contributed by atoms with Crippen molar-refractivity contribution in [3.63, 3.8) is 0 Å². The molecule has 0 saturated carbocycles. The molecule has 6 heteroatoms. The number of carbonyl (C=O) groups is 1. The van der Waals surface area contributed by atoms with Gasteiger partial charge >= 0.3 is 5.97 Å². The monoisotopic (exact) mass is 491 g/mol. The van der Waals surface area contributed by atoms with Crippen LogP contribution in [0.25, 0.3) is 10.9 Å². The third-order valence-corrected chi connectivity index (χ3v) is 6.68. The quantitative estimate of drug-likeness (QED) is 0.264. The number of rotatable bonds is 8. The molecule has 0 saturated heterocycles. The number of ether oxygens (including phenoxy) is 2. The highest BCUT2D eigenvalue weighted by Gasteiger charge is 2.17. The summed E-state index contributed by atoms with van der Waals surface area (Å²) in [6.07, 6.45) is 2.14. The fourth-order valence-electron chi connectivity index (χ4n) is 3.89. The molecule has 1 heterocycles. The van der Waals surface area contributed by atoms with E-state index in [2.05, 4.69) is 39.6 Å². The lowest BCUT2D eigenvalue weighted by molar-refractivity contribution is -0.140. The lowest BCUT2D eigenvalue weighted by Gasteiger charge is -2.10. The number of aryl methyl sites for hydroxylation is 4. The second-order valence-electron chi connectivity index (χ2n) is 7.50. The Morgan fingerprint density at radius 3 is 2.53 bits per heavy atom. The van der Waals surface area contributed by atoms with Gasteiger partial charge in [-0.25, -0.2) is 0 Å². The highest BCUT2D eigenvalue weighted by Crippen LogP contribution is 2.33. The summed E-state index contributed by atoms with van der Waals surface area (Å²) >= 11 is 9.92. The van der Waals surface area contributed by atoms with Gasteiger partial charge < -0.3 is 14.0 Å². The Bertz CT molecular complexity index is 1050. The van der Waals surface area contributed by atoms with Crippen molar-refractivity contribution in [1.82, 2.24) is 4.57 Å². The first kappa shape index (κ1) is 22.7. The smallest absolute Gasteiger partial charge is 0.307 e. The summed E-state index contributed by atoms with van der Waals surface area (Å²) in [6.45, 7) is 7.32. The summed E-state index contributed by atoms with van der Waals surface area (Å²) in [5.41, 5.74) is 5.66. The molecule has 160 valence electrons. The molecule has 0 radical (unpaired) electrons. The number of fused-ring (bicyclic) bond motifs is 1. The van der Waals surface area contributed by atoms with Gasteiger partial charge in [-0.05, 0) is 84.4 Å². The van der Waals surface area contributed by atoms with Crippen LogP contribution in [0.5, 0.6) is 5.75 Å². The topological polar surface area (TPSA) is 40.5 Å². The van der Waals surface area contributed by atoms with Crippen LogP contribution in [0.3, 0.4) is 0 Å². The molecule has 3 rings (SSSR count). The molecule has 1 aromatic heterocycles. The van der Waals surface area contributed by atoms with E-state index in [4.69, 9.17) is 21.1 Å². The van der Waals surface area contributed by atoms with Gasteiger partial charge in [-0.15, -0.1) is 0 Å². The summed E-state index contributed by atoms with van der Waals surface area (Å²) in [5, 5.41) is 2.01. The zero-order valence-corrected chi connectivity index (χ0v) is 20.2. The van der Waals surface area contributed by atoms with Gasteiger partial charge in [0, 0.05) is 27.1 Å². The summed E-state index contributed by atoms with van der Waals surface area (Å²) in [5.74, 6) is 0.654. The van der Waals surface area contributed by atoms with Crippen LogP contribution in [-0.4, -0.2) is 24.3 Å². The number of para-hydroxylation sites is 1. The van der Waals surface area contributed by atoms with Crippen LogP contribution < -0.4 is 4.74 Å². The second kappa shape index (κ2) is 9.88. The van der Waals surface area contributed by atoms with E-state index in [9.17, 15) is 4.79 Å². The van der Waals surface area contributed by atoms with Gasteiger partial charge in [0.05, 0.1) is 25.7 Å². The van der Waals surface area contributed by atoms with Crippen molar-refractivity contribution in [3.8, 4) is 5.75 Å². The van der Waals surface area contributed by atoms with Gasteiger partial charge in [0.15, 0.2) is 0 Å². The van der Waals surface area contributed by atoms with E-state index in [-0.39, 0.29) is 5.97 Å². The maximum atomic E-state index is 11.7. The number of benzene rings is 2. The molecule has 2 aromatic carbocycles. The first-order valence-corrected chi connectivity index (χ1v) is 11.2. The molecule has 0 aliphatic rings. The minimum Gasteiger partial charge on any atom is -0.494 e. The normalized spacial score (nSPS) is 11.1. The van der Waals surface area contributed by atoms with E-state index >= 15 is 0 Å². The van der Waals surface area contributed by atoms with Crippen molar-refractivity contribution in [2.45, 2.75) is 46.6 Å². The molecule has 0 fully saturated rings. The summed E-state index contributed by atoms with van der Waals surface area (Å²) in [4.78, 5) is 11.7. The van der Waals surface area contributed by atoms with Crippen LogP contribution in [0.2, 0.25) is 5.02 Å². The van der Waals surface area contributed by atoms with Gasteiger partial charge in [-0.2, -0.15) is 0 Å². The van der Waals surface area contributed by atoms with Gasteiger partial charge in [-0.1, -0.05) is 23.7 Å². The fourth-order valence-corrected chi connectivity index (χ4v) is 4.58. The average molecular weight is 493 g/mol. The summed E-state index contributed by atoms with van der Waals surface area (Å²) < 4.78 is 14.0. The molecule has 4 nitrogen and oxygen atoms in total. The Morgan fingerprint density at radius 2 is 1.87 bits per heavy atom. The molecule has 0 spiro atoms. The van der Waals surface area contributed by atoms with Crippen LogP contribution in [0.4, 0.5) is 0 Å². The first-order valence-electron chi connectivity index (χ1n) is 10.1. The van der Waals surface area contributed by atoms with Crippen molar-refractivity contribution in [2.75, 3.05) is 13.7 Å². The van der Waals surface area contributed by atoms with Gasteiger partial charge in [0.25, 0.3) is 0 Å². The van der Waals surface area contributed by atoms with Crippen molar-refractivity contribution in [3.05, 3.63) is 62.2 Å². The van der Waals surface area contributed by atoms with Crippen LogP contribution in [0.1, 0.15) is 35.2 Å². The molecular weight excluding hydrogens is 466 g/mol. The highest BCUT2D eigenvalue weighted by molar-refractivity contribution is 9.10. The Labute approximate surface area is 191 Å². The zero-order chi connectivity index (χ0) is 21.8. The lowest BCUT2D eigenvalue weighted by Crippen LogP contribution is -2.08. The maximum Gasteiger partial charge on any atom is 0.307 e. The van der Waals surface area contributed by atoms with Crippen LogP contribution in [0, 0.1) is 20.8 Å². The molecule has 0 amide bonds. The number of halogens is 2. The van der Waals surface area contributed by atoms with Gasteiger partial charge in [0.1, 0.15) is 5.75 Å². The molecule has 0 N–H and O–H groups in total. The number of carbonyl (C=O) groups excluding carboxylic acids is 1. The Morgan fingerprint density at radius 1 is 1.17 bits per heavy atom. The van der Waals surface area contributed by atoms with Gasteiger partial charge in [-0.3, -0.25) is 4.79 Å². The van der Waals surface area contributed by atoms with E-state index < -0.39 is 0 Å². The van der Waals surface area contributed by atoms with E-state index in [1.54, 1.807) is 0 Å². The van der Waals surface area contributed by atoms with E-state index in [1.807, 2.05) is 32.0 Å². The average Bonchev–Trinajstić information content (AvgIpc) is 2.99. The molecule has 3 aromatic rings. The van der Waals surface area contributed by atoms with Crippen LogP contribution in [0.15, 0.2) is 34.8 Å². The third kappa shape index (κ3) is 4.84. The van der Waals surface area contributed by atoms with Crippen molar-refractivity contribution in [2.24, 2.45) is 0 Å². The predicted molar refractivity (Wildman–Crippen MR) is 126 cm³/mol. The minimum atomic E-state index is -0.202. The molecule has 30 heavy (non-hydrogen) atoms. The number of hydrogen-bond donors (Lipinski definition) is 0. The number of methoxy groups -OCH3 is 1. The Hall–Kier alpha value is -1.98. The van der Waals surface area contributed by atoms with E-state index in [0.717, 1.165) is 44.7 Å². The molecule has 0 bridgehead atoms. The van der Waals surface area contributed by atoms with Crippen molar-refractivity contribution in [1.29, 1.82) is 0 Å². The van der Waals surface area contributed by atoms with E-state index in [1.165, 1.54) is 23.8 Å². The highest BCUT2D eigenvalue weighted by atomic mass is 79.9.